The summed E-state index contributed by atoms with van der Waals surface area (Å²) in [6.45, 7) is 0. The number of hydrogen-bond acceptors (Lipinski definition) is 1. The predicted molar refractivity (Wildman–Crippen MR) is 82.4 cm³/mol. The lowest BCUT2D eigenvalue weighted by atomic mass is 9.54. The largest absolute Gasteiger partial charge is 0.349 e. The van der Waals surface area contributed by atoms with E-state index in [9.17, 15) is 9.18 Å². The van der Waals surface area contributed by atoms with Gasteiger partial charge in [-0.25, -0.2) is 4.39 Å². The quantitative estimate of drug-likeness (QED) is 0.852. The lowest BCUT2D eigenvalue weighted by molar-refractivity contribution is -0.0120. The fourth-order valence-corrected chi connectivity index (χ4v) is 5.44. The van der Waals surface area contributed by atoms with Gasteiger partial charge in [0.1, 0.15) is 5.82 Å². The SMILES string of the molecule is O=C(NC1C2CC3CC(C2)CC1C3)c1cccc(Br)c1F. The number of carbonyl (C=O) groups is 1. The Bertz CT molecular complexity index is 560. The van der Waals surface area contributed by atoms with E-state index in [4.69, 9.17) is 0 Å². The molecule has 5 rings (SSSR count). The van der Waals surface area contributed by atoms with Gasteiger partial charge in [0.05, 0.1) is 10.0 Å². The van der Waals surface area contributed by atoms with Gasteiger partial charge >= 0.3 is 0 Å². The van der Waals surface area contributed by atoms with Crippen molar-refractivity contribution >= 4 is 21.8 Å². The number of hydrogen-bond donors (Lipinski definition) is 1. The van der Waals surface area contributed by atoms with Crippen LogP contribution in [0.25, 0.3) is 0 Å². The zero-order valence-corrected chi connectivity index (χ0v) is 13.4. The van der Waals surface area contributed by atoms with E-state index >= 15 is 0 Å². The topological polar surface area (TPSA) is 29.1 Å². The second-order valence-electron chi connectivity index (χ2n) is 7.03. The maximum Gasteiger partial charge on any atom is 0.254 e. The molecule has 4 bridgehead atoms. The van der Waals surface area contributed by atoms with Crippen LogP contribution in [-0.2, 0) is 0 Å². The van der Waals surface area contributed by atoms with Crippen molar-refractivity contribution in [2.75, 3.05) is 0 Å². The summed E-state index contributed by atoms with van der Waals surface area (Å²) in [5.41, 5.74) is 0.151. The molecule has 0 aromatic heterocycles. The summed E-state index contributed by atoms with van der Waals surface area (Å²) in [6, 6.07) is 5.14. The van der Waals surface area contributed by atoms with Crippen LogP contribution in [0.5, 0.6) is 0 Å². The zero-order valence-electron chi connectivity index (χ0n) is 11.8. The number of halogens is 2. The van der Waals surface area contributed by atoms with Gasteiger partial charge in [-0.05, 0) is 83.8 Å². The lowest BCUT2D eigenvalue weighted by Gasteiger charge is -2.54. The summed E-state index contributed by atoms with van der Waals surface area (Å²) < 4.78 is 14.4. The van der Waals surface area contributed by atoms with Crippen molar-refractivity contribution in [2.24, 2.45) is 23.7 Å². The monoisotopic (exact) mass is 351 g/mol. The maximum absolute atomic E-state index is 14.1. The summed E-state index contributed by atoms with van der Waals surface area (Å²) in [7, 11) is 0. The van der Waals surface area contributed by atoms with Crippen LogP contribution >= 0.6 is 15.9 Å². The van der Waals surface area contributed by atoms with Gasteiger partial charge in [-0.2, -0.15) is 0 Å². The van der Waals surface area contributed by atoms with E-state index in [2.05, 4.69) is 21.2 Å². The molecule has 4 aliphatic carbocycles. The number of rotatable bonds is 2. The second-order valence-corrected chi connectivity index (χ2v) is 7.89. The molecular weight excluding hydrogens is 333 g/mol. The Morgan fingerprint density at radius 1 is 1.10 bits per heavy atom. The molecule has 2 nitrogen and oxygen atoms in total. The van der Waals surface area contributed by atoms with Crippen molar-refractivity contribution in [1.29, 1.82) is 0 Å². The highest BCUT2D eigenvalue weighted by Crippen LogP contribution is 2.53. The summed E-state index contributed by atoms with van der Waals surface area (Å²) in [5.74, 6) is 2.26. The smallest absolute Gasteiger partial charge is 0.254 e. The standard InChI is InChI=1S/C17H19BrFNO/c18-14-3-1-2-13(15(14)19)17(21)20-16-11-5-9-4-10(7-11)8-12(16)6-9/h1-3,9-12,16H,4-8H2,(H,20,21). The van der Waals surface area contributed by atoms with Gasteiger partial charge in [-0.15, -0.1) is 0 Å². The molecule has 1 aromatic rings. The van der Waals surface area contributed by atoms with Crippen LogP contribution < -0.4 is 5.32 Å². The molecule has 112 valence electrons. The Hall–Kier alpha value is -0.900. The third-order valence-corrected chi connectivity index (χ3v) is 6.33. The maximum atomic E-state index is 14.1. The Kier molecular flexibility index (Phi) is 3.32. The van der Waals surface area contributed by atoms with Gasteiger partial charge in [0.25, 0.3) is 5.91 Å². The summed E-state index contributed by atoms with van der Waals surface area (Å²) in [6.07, 6.45) is 6.39. The van der Waals surface area contributed by atoms with E-state index < -0.39 is 5.82 Å². The Labute approximate surface area is 132 Å². The highest BCUT2D eigenvalue weighted by Gasteiger charge is 2.48. The van der Waals surface area contributed by atoms with E-state index in [-0.39, 0.29) is 17.5 Å². The Morgan fingerprint density at radius 2 is 1.71 bits per heavy atom. The lowest BCUT2D eigenvalue weighted by Crippen LogP contribution is -2.55. The molecule has 0 atom stereocenters. The van der Waals surface area contributed by atoms with Gasteiger partial charge < -0.3 is 5.32 Å². The second kappa shape index (κ2) is 5.08. The molecule has 0 spiro atoms. The van der Waals surface area contributed by atoms with Gasteiger partial charge in [-0.1, -0.05) is 6.07 Å². The Balaban J connectivity index is 1.53. The van der Waals surface area contributed by atoms with Crippen LogP contribution in [0.15, 0.2) is 22.7 Å². The van der Waals surface area contributed by atoms with E-state index in [1.165, 1.54) is 32.1 Å². The average Bonchev–Trinajstić information content (AvgIpc) is 2.45. The van der Waals surface area contributed by atoms with Crippen LogP contribution in [0, 0.1) is 29.5 Å². The molecule has 4 fully saturated rings. The minimum absolute atomic E-state index is 0.151. The first-order valence-electron chi connectivity index (χ1n) is 7.86. The van der Waals surface area contributed by atoms with E-state index in [1.54, 1.807) is 18.2 Å². The van der Waals surface area contributed by atoms with Crippen molar-refractivity contribution in [3.63, 3.8) is 0 Å². The van der Waals surface area contributed by atoms with Crippen LogP contribution in [0.2, 0.25) is 0 Å². The normalized spacial score (nSPS) is 36.8. The van der Waals surface area contributed by atoms with Crippen LogP contribution in [0.1, 0.15) is 42.5 Å². The summed E-state index contributed by atoms with van der Waals surface area (Å²) in [4.78, 5) is 12.4. The molecule has 1 N–H and O–H groups in total. The predicted octanol–water partition coefficient (Wildman–Crippen LogP) is 4.14. The first kappa shape index (κ1) is 13.7. The highest BCUT2D eigenvalue weighted by atomic mass is 79.9. The molecule has 0 heterocycles. The fraction of sp³-hybridized carbons (Fsp3) is 0.588. The first-order chi connectivity index (χ1) is 10.1. The molecule has 1 aromatic carbocycles. The van der Waals surface area contributed by atoms with Gasteiger partial charge in [-0.3, -0.25) is 4.79 Å². The molecule has 0 saturated heterocycles. The molecule has 1 amide bonds. The molecule has 4 heteroatoms. The van der Waals surface area contributed by atoms with Crippen molar-refractivity contribution in [3.8, 4) is 0 Å². The van der Waals surface area contributed by atoms with Gasteiger partial charge in [0, 0.05) is 6.04 Å². The number of benzene rings is 1. The molecule has 4 aliphatic rings. The first-order valence-corrected chi connectivity index (χ1v) is 8.66. The third-order valence-electron chi connectivity index (χ3n) is 5.72. The average molecular weight is 352 g/mol. The van der Waals surface area contributed by atoms with Crippen LogP contribution in [0.3, 0.4) is 0 Å². The zero-order chi connectivity index (χ0) is 14.6. The third kappa shape index (κ3) is 2.32. The van der Waals surface area contributed by atoms with Crippen molar-refractivity contribution in [1.82, 2.24) is 5.32 Å². The molecule has 21 heavy (non-hydrogen) atoms. The number of amides is 1. The van der Waals surface area contributed by atoms with E-state index in [0.29, 0.717) is 16.3 Å². The van der Waals surface area contributed by atoms with Crippen molar-refractivity contribution in [2.45, 2.75) is 38.1 Å². The summed E-state index contributed by atoms with van der Waals surface area (Å²) >= 11 is 3.15. The van der Waals surface area contributed by atoms with Crippen LogP contribution in [-0.4, -0.2) is 11.9 Å². The van der Waals surface area contributed by atoms with Crippen molar-refractivity contribution in [3.05, 3.63) is 34.1 Å². The Morgan fingerprint density at radius 3 is 2.33 bits per heavy atom. The molecule has 0 aliphatic heterocycles. The highest BCUT2D eigenvalue weighted by molar-refractivity contribution is 9.10. The molecule has 0 unspecified atom stereocenters. The minimum Gasteiger partial charge on any atom is -0.349 e. The fourth-order valence-electron chi connectivity index (χ4n) is 5.07. The molecule has 0 radical (unpaired) electrons. The van der Waals surface area contributed by atoms with Gasteiger partial charge in [0.15, 0.2) is 0 Å². The van der Waals surface area contributed by atoms with E-state index in [1.807, 2.05) is 0 Å². The number of carbonyl (C=O) groups excluding carboxylic acids is 1. The summed E-state index contributed by atoms with van der Waals surface area (Å²) in [5, 5.41) is 3.15. The van der Waals surface area contributed by atoms with E-state index in [0.717, 1.165) is 11.8 Å². The molecule has 4 saturated carbocycles. The van der Waals surface area contributed by atoms with Crippen molar-refractivity contribution < 1.29 is 9.18 Å². The van der Waals surface area contributed by atoms with Gasteiger partial charge in [0.2, 0.25) is 0 Å². The molecular formula is C17H19BrFNO. The minimum atomic E-state index is -0.459. The van der Waals surface area contributed by atoms with Crippen LogP contribution in [0.4, 0.5) is 4.39 Å². The number of nitrogens with one attached hydrogen (secondary N) is 1.